The summed E-state index contributed by atoms with van der Waals surface area (Å²) >= 11 is 1.72. The quantitative estimate of drug-likeness (QED) is 0.550. The number of aromatic nitrogens is 1. The van der Waals surface area contributed by atoms with E-state index in [0.717, 1.165) is 41.1 Å². The summed E-state index contributed by atoms with van der Waals surface area (Å²) in [6.45, 7) is 0.211. The normalized spacial score (nSPS) is 12.1. The van der Waals surface area contributed by atoms with Gasteiger partial charge in [0.05, 0.1) is 28.4 Å². The van der Waals surface area contributed by atoms with E-state index < -0.39 is 6.10 Å². The van der Waals surface area contributed by atoms with Gasteiger partial charge in [0.1, 0.15) is 5.75 Å². The molecule has 1 aromatic heterocycles. The van der Waals surface area contributed by atoms with Gasteiger partial charge in [-0.2, -0.15) is 0 Å². The molecule has 1 unspecified atom stereocenters. The fourth-order valence-electron chi connectivity index (χ4n) is 2.83. The van der Waals surface area contributed by atoms with Gasteiger partial charge in [0.15, 0.2) is 0 Å². The van der Waals surface area contributed by atoms with Gasteiger partial charge in [0.2, 0.25) is 5.91 Å². The first-order chi connectivity index (χ1) is 13.2. The summed E-state index contributed by atoms with van der Waals surface area (Å²) in [4.78, 5) is 16.6. The molecule has 0 spiro atoms. The van der Waals surface area contributed by atoms with Crippen LogP contribution in [0.5, 0.6) is 5.75 Å². The second kappa shape index (κ2) is 9.48. The second-order valence-electron chi connectivity index (χ2n) is 6.38. The number of carbonyl (C=O) groups excluding carboxylic acids is 1. The number of benzene rings is 2. The van der Waals surface area contributed by atoms with Gasteiger partial charge in [-0.3, -0.25) is 4.79 Å². The van der Waals surface area contributed by atoms with Crippen molar-refractivity contribution in [2.24, 2.45) is 0 Å². The van der Waals surface area contributed by atoms with Crippen LogP contribution in [0.1, 0.15) is 35.9 Å². The number of hydrogen-bond donors (Lipinski definition) is 2. The van der Waals surface area contributed by atoms with Crippen molar-refractivity contribution in [1.82, 2.24) is 10.3 Å². The average Bonchev–Trinajstić information content (AvgIpc) is 3.12. The fourth-order valence-corrected chi connectivity index (χ4v) is 3.84. The van der Waals surface area contributed by atoms with Crippen molar-refractivity contribution in [2.45, 2.75) is 31.8 Å². The summed E-state index contributed by atoms with van der Waals surface area (Å²) in [5.41, 5.74) is 1.80. The third-order valence-electron chi connectivity index (χ3n) is 4.38. The van der Waals surface area contributed by atoms with Crippen molar-refractivity contribution in [3.8, 4) is 5.75 Å². The number of ether oxygens (including phenoxy) is 1. The lowest BCUT2D eigenvalue weighted by Gasteiger charge is -2.12. The Labute approximate surface area is 163 Å². The summed E-state index contributed by atoms with van der Waals surface area (Å²) in [5, 5.41) is 14.1. The second-order valence-corrected chi connectivity index (χ2v) is 7.49. The Morgan fingerprint density at radius 1 is 1.19 bits per heavy atom. The van der Waals surface area contributed by atoms with E-state index in [1.165, 1.54) is 4.70 Å². The van der Waals surface area contributed by atoms with Gasteiger partial charge in [-0.1, -0.05) is 24.3 Å². The van der Waals surface area contributed by atoms with E-state index >= 15 is 0 Å². The zero-order valence-electron chi connectivity index (χ0n) is 15.4. The van der Waals surface area contributed by atoms with Crippen LogP contribution in [0, 0.1) is 0 Å². The first-order valence-corrected chi connectivity index (χ1v) is 9.90. The lowest BCUT2D eigenvalue weighted by molar-refractivity contribution is -0.121. The molecule has 3 rings (SSSR count). The third-order valence-corrected chi connectivity index (χ3v) is 5.47. The monoisotopic (exact) mass is 384 g/mol. The first-order valence-electron chi connectivity index (χ1n) is 9.09. The minimum atomic E-state index is -0.720. The maximum atomic E-state index is 12.0. The first kappa shape index (κ1) is 19.3. The van der Waals surface area contributed by atoms with E-state index in [-0.39, 0.29) is 12.5 Å². The van der Waals surface area contributed by atoms with Crippen LogP contribution in [0.3, 0.4) is 0 Å². The number of fused-ring (bicyclic) bond motifs is 1. The summed E-state index contributed by atoms with van der Waals surface area (Å²) in [7, 11) is 1.60. The minimum Gasteiger partial charge on any atom is -0.497 e. The number of amides is 1. The van der Waals surface area contributed by atoms with Crippen LogP contribution in [0.15, 0.2) is 48.5 Å². The maximum Gasteiger partial charge on any atom is 0.220 e. The molecule has 1 atom stereocenters. The largest absolute Gasteiger partial charge is 0.497 e. The smallest absolute Gasteiger partial charge is 0.220 e. The number of aliphatic hydroxyl groups is 1. The molecule has 0 aliphatic rings. The molecule has 0 bridgehead atoms. The summed E-state index contributed by atoms with van der Waals surface area (Å²) in [6.07, 6.45) is 2.36. The van der Waals surface area contributed by atoms with E-state index in [9.17, 15) is 9.90 Å². The predicted molar refractivity (Wildman–Crippen MR) is 108 cm³/mol. The summed E-state index contributed by atoms with van der Waals surface area (Å²) in [6, 6.07) is 15.3. The number of aliphatic hydroxyl groups excluding tert-OH is 1. The molecule has 6 heteroatoms. The van der Waals surface area contributed by atoms with E-state index in [0.29, 0.717) is 6.42 Å². The Hall–Kier alpha value is -2.44. The molecule has 3 aromatic rings. The molecule has 1 amide bonds. The van der Waals surface area contributed by atoms with Crippen LogP contribution in [0.2, 0.25) is 0 Å². The SMILES string of the molecule is COc1ccc(C(O)CNC(=O)CCCCc2nc3ccccc3s2)cc1. The highest BCUT2D eigenvalue weighted by Gasteiger charge is 2.10. The number of unbranched alkanes of at least 4 members (excludes halogenated alkanes) is 1. The van der Waals surface area contributed by atoms with Crippen molar-refractivity contribution >= 4 is 27.5 Å². The number of carbonyl (C=O) groups is 1. The van der Waals surface area contributed by atoms with Gasteiger partial charge in [0.25, 0.3) is 0 Å². The molecule has 1 heterocycles. The molecule has 0 radical (unpaired) electrons. The number of nitrogens with one attached hydrogen (secondary N) is 1. The standard InChI is InChI=1S/C21H24N2O3S/c1-26-16-12-10-15(11-13-16)18(24)14-22-20(25)8-4-5-9-21-23-17-6-2-3-7-19(17)27-21/h2-3,6-7,10-13,18,24H,4-5,8-9,14H2,1H3,(H,22,25). The lowest BCUT2D eigenvalue weighted by Crippen LogP contribution is -2.28. The van der Waals surface area contributed by atoms with Crippen LogP contribution in [0.4, 0.5) is 0 Å². The van der Waals surface area contributed by atoms with Crippen LogP contribution in [-0.4, -0.2) is 29.7 Å². The Bertz CT molecular complexity index is 844. The van der Waals surface area contributed by atoms with Crippen LogP contribution >= 0.6 is 11.3 Å². The Morgan fingerprint density at radius 3 is 2.70 bits per heavy atom. The zero-order valence-corrected chi connectivity index (χ0v) is 16.2. The van der Waals surface area contributed by atoms with Gasteiger partial charge in [-0.25, -0.2) is 4.98 Å². The van der Waals surface area contributed by atoms with Crippen LogP contribution < -0.4 is 10.1 Å². The van der Waals surface area contributed by atoms with Crippen molar-refractivity contribution in [2.75, 3.05) is 13.7 Å². The minimum absolute atomic E-state index is 0.0353. The Kier molecular flexibility index (Phi) is 6.79. The van der Waals surface area contributed by atoms with E-state index in [1.54, 1.807) is 42.7 Å². The van der Waals surface area contributed by atoms with Crippen molar-refractivity contribution in [3.05, 3.63) is 59.1 Å². The fraction of sp³-hybridized carbons (Fsp3) is 0.333. The highest BCUT2D eigenvalue weighted by molar-refractivity contribution is 7.18. The van der Waals surface area contributed by atoms with Crippen molar-refractivity contribution in [3.63, 3.8) is 0 Å². The maximum absolute atomic E-state index is 12.0. The van der Waals surface area contributed by atoms with Crippen LogP contribution in [-0.2, 0) is 11.2 Å². The number of thiazole rings is 1. The van der Waals surface area contributed by atoms with Gasteiger partial charge < -0.3 is 15.2 Å². The number of methoxy groups -OCH3 is 1. The topological polar surface area (TPSA) is 71.5 Å². The number of hydrogen-bond acceptors (Lipinski definition) is 5. The van der Waals surface area contributed by atoms with Gasteiger partial charge >= 0.3 is 0 Å². The van der Waals surface area contributed by atoms with Crippen molar-refractivity contribution in [1.29, 1.82) is 0 Å². The van der Waals surface area contributed by atoms with Gasteiger partial charge in [-0.05, 0) is 49.1 Å². The molecule has 142 valence electrons. The number of aryl methyl sites for hydroxylation is 1. The predicted octanol–water partition coefficient (Wildman–Crippen LogP) is 3.87. The van der Waals surface area contributed by atoms with E-state index in [2.05, 4.69) is 16.4 Å². The molecular formula is C21H24N2O3S. The molecule has 0 fully saturated rings. The molecule has 5 nitrogen and oxygen atoms in total. The molecule has 2 aromatic carbocycles. The summed E-state index contributed by atoms with van der Waals surface area (Å²) < 4.78 is 6.30. The number of para-hydroxylation sites is 1. The molecule has 0 saturated carbocycles. The Balaban J connectivity index is 1.35. The molecule has 0 aliphatic heterocycles. The highest BCUT2D eigenvalue weighted by atomic mass is 32.1. The lowest BCUT2D eigenvalue weighted by atomic mass is 10.1. The molecule has 2 N–H and O–H groups in total. The zero-order chi connectivity index (χ0) is 19.1. The molecular weight excluding hydrogens is 360 g/mol. The van der Waals surface area contributed by atoms with E-state index in [4.69, 9.17) is 4.74 Å². The Morgan fingerprint density at radius 2 is 1.96 bits per heavy atom. The number of rotatable bonds is 9. The number of nitrogens with zero attached hydrogens (tertiary/aromatic N) is 1. The van der Waals surface area contributed by atoms with Gasteiger partial charge in [0, 0.05) is 13.0 Å². The molecule has 0 saturated heterocycles. The highest BCUT2D eigenvalue weighted by Crippen LogP contribution is 2.23. The van der Waals surface area contributed by atoms with Gasteiger partial charge in [-0.15, -0.1) is 11.3 Å². The van der Waals surface area contributed by atoms with E-state index in [1.807, 2.05) is 18.2 Å². The third kappa shape index (κ3) is 5.52. The molecule has 27 heavy (non-hydrogen) atoms. The van der Waals surface area contributed by atoms with Crippen molar-refractivity contribution < 1.29 is 14.6 Å². The average molecular weight is 385 g/mol. The summed E-state index contributed by atoms with van der Waals surface area (Å²) in [5.74, 6) is 0.704. The molecule has 0 aliphatic carbocycles. The van der Waals surface area contributed by atoms with Crippen LogP contribution in [0.25, 0.3) is 10.2 Å².